The molecular formula is C19H21N7O2. The van der Waals surface area contributed by atoms with Gasteiger partial charge in [0.25, 0.3) is 5.91 Å². The first-order chi connectivity index (χ1) is 13.6. The summed E-state index contributed by atoms with van der Waals surface area (Å²) in [6.45, 7) is 3.60. The number of carbonyl (C=O) groups is 2. The van der Waals surface area contributed by atoms with E-state index in [1.54, 1.807) is 29.6 Å². The highest BCUT2D eigenvalue weighted by molar-refractivity contribution is 5.92. The second kappa shape index (κ2) is 7.63. The van der Waals surface area contributed by atoms with Gasteiger partial charge in [0.1, 0.15) is 11.5 Å². The maximum absolute atomic E-state index is 12.6. The molecule has 0 saturated heterocycles. The van der Waals surface area contributed by atoms with Crippen LogP contribution in [-0.2, 0) is 24.3 Å². The number of rotatable bonds is 5. The number of nitrogens with one attached hydrogen (secondary N) is 2. The molecule has 1 aliphatic heterocycles. The van der Waals surface area contributed by atoms with E-state index >= 15 is 0 Å². The van der Waals surface area contributed by atoms with Crippen LogP contribution < -0.4 is 5.32 Å². The van der Waals surface area contributed by atoms with Crippen molar-refractivity contribution in [3.63, 3.8) is 0 Å². The van der Waals surface area contributed by atoms with Crippen LogP contribution >= 0.6 is 0 Å². The molecule has 0 aromatic carbocycles. The van der Waals surface area contributed by atoms with Crippen molar-refractivity contribution in [2.24, 2.45) is 0 Å². The van der Waals surface area contributed by atoms with Crippen molar-refractivity contribution >= 4 is 11.8 Å². The third-order valence-corrected chi connectivity index (χ3v) is 4.83. The van der Waals surface area contributed by atoms with E-state index in [1.165, 1.54) is 0 Å². The summed E-state index contributed by atoms with van der Waals surface area (Å²) in [6, 6.07) is 5.23. The van der Waals surface area contributed by atoms with Gasteiger partial charge < -0.3 is 14.8 Å². The van der Waals surface area contributed by atoms with Crippen molar-refractivity contribution in [3.8, 4) is 0 Å². The number of hydrogen-bond donors (Lipinski definition) is 2. The molecule has 2 amide bonds. The van der Waals surface area contributed by atoms with Crippen LogP contribution in [0.3, 0.4) is 0 Å². The zero-order chi connectivity index (χ0) is 19.5. The Hall–Kier alpha value is -3.49. The normalized spacial score (nSPS) is 15.9. The topological polar surface area (TPSA) is 109 Å². The Morgan fingerprint density at radius 2 is 2.18 bits per heavy atom. The van der Waals surface area contributed by atoms with E-state index in [0.29, 0.717) is 31.0 Å². The van der Waals surface area contributed by atoms with Crippen LogP contribution in [0.4, 0.5) is 0 Å². The third kappa shape index (κ3) is 3.64. The van der Waals surface area contributed by atoms with E-state index in [0.717, 1.165) is 11.4 Å². The summed E-state index contributed by atoms with van der Waals surface area (Å²) >= 11 is 0. The quantitative estimate of drug-likeness (QED) is 0.689. The molecule has 0 bridgehead atoms. The van der Waals surface area contributed by atoms with E-state index in [4.69, 9.17) is 0 Å². The van der Waals surface area contributed by atoms with Crippen molar-refractivity contribution in [1.29, 1.82) is 0 Å². The maximum atomic E-state index is 12.6. The lowest BCUT2D eigenvalue weighted by Gasteiger charge is -2.33. The summed E-state index contributed by atoms with van der Waals surface area (Å²) in [6.07, 6.45) is 7.07. The van der Waals surface area contributed by atoms with E-state index in [9.17, 15) is 9.59 Å². The Kier molecular flexibility index (Phi) is 4.88. The highest BCUT2D eigenvalue weighted by Crippen LogP contribution is 2.26. The first kappa shape index (κ1) is 17.9. The molecule has 0 saturated carbocycles. The van der Waals surface area contributed by atoms with E-state index < -0.39 is 0 Å². The minimum absolute atomic E-state index is 0.0997. The summed E-state index contributed by atoms with van der Waals surface area (Å²) in [7, 11) is 0. The molecule has 0 radical (unpaired) electrons. The summed E-state index contributed by atoms with van der Waals surface area (Å²) in [5.41, 5.74) is 2.10. The molecule has 9 heteroatoms. The SMILES string of the molecule is C[C@H]1c2nc(CC(=O)NCc3cccnc3)cn2CCN1C(=O)c1ccn[nH]1. The molecule has 0 fully saturated rings. The maximum Gasteiger partial charge on any atom is 0.272 e. The minimum Gasteiger partial charge on any atom is -0.352 e. The molecule has 144 valence electrons. The van der Waals surface area contributed by atoms with Gasteiger partial charge >= 0.3 is 0 Å². The lowest BCUT2D eigenvalue weighted by atomic mass is 10.2. The molecule has 0 unspecified atom stereocenters. The zero-order valence-corrected chi connectivity index (χ0v) is 15.5. The largest absolute Gasteiger partial charge is 0.352 e. The first-order valence-corrected chi connectivity index (χ1v) is 9.13. The number of aromatic nitrogens is 5. The highest BCUT2D eigenvalue weighted by Gasteiger charge is 2.31. The summed E-state index contributed by atoms with van der Waals surface area (Å²) < 4.78 is 2.02. The predicted octanol–water partition coefficient (Wildman–Crippen LogP) is 1.08. The number of aromatic amines is 1. The van der Waals surface area contributed by atoms with E-state index in [-0.39, 0.29) is 24.3 Å². The van der Waals surface area contributed by atoms with Crippen molar-refractivity contribution in [2.75, 3.05) is 6.54 Å². The highest BCUT2D eigenvalue weighted by atomic mass is 16.2. The number of nitrogens with zero attached hydrogens (tertiary/aromatic N) is 5. The number of hydrogen-bond acceptors (Lipinski definition) is 5. The zero-order valence-electron chi connectivity index (χ0n) is 15.5. The van der Waals surface area contributed by atoms with Crippen LogP contribution in [0.25, 0.3) is 0 Å². The fourth-order valence-electron chi connectivity index (χ4n) is 3.37. The molecule has 9 nitrogen and oxygen atoms in total. The third-order valence-electron chi connectivity index (χ3n) is 4.83. The summed E-state index contributed by atoms with van der Waals surface area (Å²) in [4.78, 5) is 35.3. The molecule has 1 atom stereocenters. The van der Waals surface area contributed by atoms with Crippen molar-refractivity contribution in [2.45, 2.75) is 32.5 Å². The van der Waals surface area contributed by atoms with Gasteiger partial charge in [0.2, 0.25) is 5.91 Å². The van der Waals surface area contributed by atoms with Crippen molar-refractivity contribution < 1.29 is 9.59 Å². The van der Waals surface area contributed by atoms with Gasteiger partial charge in [0.15, 0.2) is 0 Å². The average Bonchev–Trinajstić information content (AvgIpc) is 3.37. The Balaban J connectivity index is 1.40. The monoisotopic (exact) mass is 379 g/mol. The molecule has 4 heterocycles. The predicted molar refractivity (Wildman–Crippen MR) is 100 cm³/mol. The second-order valence-corrected chi connectivity index (χ2v) is 6.74. The number of imidazole rings is 1. The molecule has 0 aliphatic carbocycles. The Morgan fingerprint density at radius 1 is 1.29 bits per heavy atom. The first-order valence-electron chi connectivity index (χ1n) is 9.13. The number of amides is 2. The number of fused-ring (bicyclic) bond motifs is 1. The number of carbonyl (C=O) groups excluding carboxylic acids is 2. The fraction of sp³-hybridized carbons (Fsp3) is 0.316. The Labute approximate surface area is 161 Å². The van der Waals surface area contributed by atoms with Crippen LogP contribution in [-0.4, -0.2) is 48.0 Å². The smallest absolute Gasteiger partial charge is 0.272 e. The molecule has 2 N–H and O–H groups in total. The van der Waals surface area contributed by atoms with Gasteiger partial charge in [-0.3, -0.25) is 19.7 Å². The van der Waals surface area contributed by atoms with Gasteiger partial charge in [0.05, 0.1) is 18.2 Å². The second-order valence-electron chi connectivity index (χ2n) is 6.74. The number of pyridine rings is 1. The van der Waals surface area contributed by atoms with Crippen molar-refractivity contribution in [3.05, 3.63) is 65.8 Å². The van der Waals surface area contributed by atoms with Crippen molar-refractivity contribution in [1.82, 2.24) is 34.9 Å². The molecule has 0 spiro atoms. The van der Waals surface area contributed by atoms with Crippen LogP contribution in [0.5, 0.6) is 0 Å². The van der Waals surface area contributed by atoms with Crippen LogP contribution in [0.15, 0.2) is 43.0 Å². The van der Waals surface area contributed by atoms with Gasteiger partial charge in [-0.05, 0) is 24.6 Å². The Bertz CT molecular complexity index is 966. The van der Waals surface area contributed by atoms with E-state index in [1.807, 2.05) is 29.8 Å². The molecule has 3 aromatic heterocycles. The fourth-order valence-corrected chi connectivity index (χ4v) is 3.37. The summed E-state index contributed by atoms with van der Waals surface area (Å²) in [5, 5.41) is 9.43. The van der Waals surface area contributed by atoms with Gasteiger partial charge in [-0.2, -0.15) is 5.10 Å². The lowest BCUT2D eigenvalue weighted by molar-refractivity contribution is -0.120. The lowest BCUT2D eigenvalue weighted by Crippen LogP contribution is -2.41. The van der Waals surface area contributed by atoms with E-state index in [2.05, 4.69) is 25.5 Å². The molecule has 4 rings (SSSR count). The standard InChI is InChI=1S/C19H21N7O2/c1-13-18-23-15(9-17(27)21-11-14-3-2-5-20-10-14)12-25(18)7-8-26(13)19(28)16-4-6-22-24-16/h2-6,10,12-13H,7-9,11H2,1H3,(H,21,27)(H,22,24)/t13-/m0/s1. The van der Waals surface area contributed by atoms with Gasteiger partial charge in [-0.25, -0.2) is 4.98 Å². The van der Waals surface area contributed by atoms with Gasteiger partial charge in [-0.1, -0.05) is 6.07 Å². The molecule has 1 aliphatic rings. The van der Waals surface area contributed by atoms with Gasteiger partial charge in [-0.15, -0.1) is 0 Å². The summed E-state index contributed by atoms with van der Waals surface area (Å²) in [5.74, 6) is 0.585. The Morgan fingerprint density at radius 3 is 2.93 bits per heavy atom. The van der Waals surface area contributed by atoms with Crippen LogP contribution in [0.2, 0.25) is 0 Å². The van der Waals surface area contributed by atoms with Crippen LogP contribution in [0, 0.1) is 0 Å². The van der Waals surface area contributed by atoms with Crippen LogP contribution in [0.1, 0.15) is 40.5 Å². The molecule has 3 aromatic rings. The average molecular weight is 379 g/mol. The van der Waals surface area contributed by atoms with Gasteiger partial charge in [0, 0.05) is 44.4 Å². The molecule has 28 heavy (non-hydrogen) atoms. The minimum atomic E-state index is -0.184. The molecular weight excluding hydrogens is 358 g/mol. The number of H-pyrrole nitrogens is 1.